The number of rotatable bonds is 4. The quantitative estimate of drug-likeness (QED) is 0.928. The lowest BCUT2D eigenvalue weighted by Crippen LogP contribution is -2.24. The van der Waals surface area contributed by atoms with Gasteiger partial charge in [-0.2, -0.15) is 0 Å². The Kier molecular flexibility index (Phi) is 4.32. The highest BCUT2D eigenvalue weighted by molar-refractivity contribution is 5.33. The van der Waals surface area contributed by atoms with Gasteiger partial charge in [-0.15, -0.1) is 0 Å². The van der Waals surface area contributed by atoms with Gasteiger partial charge in [0.1, 0.15) is 5.82 Å². The van der Waals surface area contributed by atoms with Crippen LogP contribution in [0.25, 0.3) is 0 Å². The Morgan fingerprint density at radius 3 is 2.52 bits per heavy atom. The van der Waals surface area contributed by atoms with Crippen LogP contribution < -0.4 is 5.32 Å². The van der Waals surface area contributed by atoms with Crippen molar-refractivity contribution in [1.82, 2.24) is 10.2 Å². The number of nitrogens with one attached hydrogen (secondary N) is 1. The molecule has 0 fully saturated rings. The van der Waals surface area contributed by atoms with E-state index in [0.29, 0.717) is 0 Å². The number of fused-ring (bicyclic) bond motifs is 1. The molecule has 0 unspecified atom stereocenters. The first-order chi connectivity index (χ1) is 10.2. The second kappa shape index (κ2) is 6.37. The third-order valence-corrected chi connectivity index (χ3v) is 3.98. The molecule has 0 aliphatic carbocycles. The minimum Gasteiger partial charge on any atom is -0.312 e. The molecule has 0 amide bonds. The number of nitrogens with zero attached hydrogens (tertiary/aromatic N) is 1. The molecule has 0 spiro atoms. The van der Waals surface area contributed by atoms with Gasteiger partial charge < -0.3 is 5.32 Å². The summed E-state index contributed by atoms with van der Waals surface area (Å²) >= 11 is 0. The fourth-order valence-corrected chi connectivity index (χ4v) is 2.90. The van der Waals surface area contributed by atoms with Crippen molar-refractivity contribution in [2.75, 3.05) is 13.6 Å². The molecule has 0 saturated carbocycles. The van der Waals surface area contributed by atoms with E-state index in [2.05, 4.69) is 35.5 Å². The molecule has 0 radical (unpaired) electrons. The molecule has 1 aliphatic heterocycles. The largest absolute Gasteiger partial charge is 0.312 e. The number of hydrogen-bond acceptors (Lipinski definition) is 2. The SMILES string of the molecule is CN(Cc1ccc(F)cc1)Cc1ccc2c(c1)CNCC2. The molecule has 2 aromatic carbocycles. The van der Waals surface area contributed by atoms with Gasteiger partial charge in [-0.1, -0.05) is 30.3 Å². The van der Waals surface area contributed by atoms with E-state index in [1.54, 1.807) is 0 Å². The summed E-state index contributed by atoms with van der Waals surface area (Å²) in [6.07, 6.45) is 1.13. The number of hydrogen-bond donors (Lipinski definition) is 1. The molecular formula is C18H21FN2. The first kappa shape index (κ1) is 14.2. The highest BCUT2D eigenvalue weighted by atomic mass is 19.1. The second-order valence-corrected chi connectivity index (χ2v) is 5.83. The predicted molar refractivity (Wildman–Crippen MR) is 83.4 cm³/mol. The van der Waals surface area contributed by atoms with Crippen LogP contribution in [0.5, 0.6) is 0 Å². The van der Waals surface area contributed by atoms with Crippen molar-refractivity contribution in [2.24, 2.45) is 0 Å². The molecule has 0 bridgehead atoms. The smallest absolute Gasteiger partial charge is 0.123 e. The molecule has 21 heavy (non-hydrogen) atoms. The van der Waals surface area contributed by atoms with Crippen molar-refractivity contribution in [2.45, 2.75) is 26.1 Å². The van der Waals surface area contributed by atoms with Gasteiger partial charge in [-0.25, -0.2) is 4.39 Å². The van der Waals surface area contributed by atoms with E-state index in [1.807, 2.05) is 12.1 Å². The first-order valence-corrected chi connectivity index (χ1v) is 7.45. The normalized spacial score (nSPS) is 14.2. The van der Waals surface area contributed by atoms with Crippen LogP contribution in [0.2, 0.25) is 0 Å². The van der Waals surface area contributed by atoms with E-state index in [0.717, 1.165) is 38.2 Å². The minimum absolute atomic E-state index is 0.177. The fourth-order valence-electron chi connectivity index (χ4n) is 2.90. The molecule has 0 aromatic heterocycles. The Morgan fingerprint density at radius 1 is 1.00 bits per heavy atom. The molecule has 0 atom stereocenters. The highest BCUT2D eigenvalue weighted by Crippen LogP contribution is 2.17. The predicted octanol–water partition coefficient (Wildman–Crippen LogP) is 3.10. The van der Waals surface area contributed by atoms with E-state index in [1.165, 1.54) is 28.8 Å². The molecule has 1 N–H and O–H groups in total. The van der Waals surface area contributed by atoms with Gasteiger partial charge in [0.25, 0.3) is 0 Å². The first-order valence-electron chi connectivity index (χ1n) is 7.45. The van der Waals surface area contributed by atoms with Crippen LogP contribution in [-0.4, -0.2) is 18.5 Å². The third-order valence-electron chi connectivity index (χ3n) is 3.98. The summed E-state index contributed by atoms with van der Waals surface area (Å²) in [5, 5.41) is 3.42. The number of halogens is 1. The minimum atomic E-state index is -0.177. The van der Waals surface area contributed by atoms with E-state index < -0.39 is 0 Å². The third kappa shape index (κ3) is 3.69. The van der Waals surface area contributed by atoms with Crippen molar-refractivity contribution in [1.29, 1.82) is 0 Å². The lowest BCUT2D eigenvalue weighted by molar-refractivity contribution is 0.318. The fraction of sp³-hybridized carbons (Fsp3) is 0.333. The van der Waals surface area contributed by atoms with Crippen molar-refractivity contribution in [3.63, 3.8) is 0 Å². The molecule has 1 heterocycles. The molecule has 110 valence electrons. The maximum atomic E-state index is 12.9. The summed E-state index contributed by atoms with van der Waals surface area (Å²) in [5.74, 6) is -0.177. The maximum Gasteiger partial charge on any atom is 0.123 e. The van der Waals surface area contributed by atoms with Crippen LogP contribution in [0.15, 0.2) is 42.5 Å². The van der Waals surface area contributed by atoms with Crippen molar-refractivity contribution < 1.29 is 4.39 Å². The van der Waals surface area contributed by atoms with Crippen LogP contribution in [0.3, 0.4) is 0 Å². The standard InChI is InChI=1S/C18H21FN2/c1-21(12-14-3-6-18(19)7-4-14)13-15-2-5-16-8-9-20-11-17(16)10-15/h2-7,10,20H,8-9,11-13H2,1H3. The van der Waals surface area contributed by atoms with Gasteiger partial charge in [0.05, 0.1) is 0 Å². The average Bonchev–Trinajstić information content (AvgIpc) is 2.49. The molecule has 1 aliphatic rings. The van der Waals surface area contributed by atoms with E-state index in [9.17, 15) is 4.39 Å². The van der Waals surface area contributed by atoms with E-state index >= 15 is 0 Å². The summed E-state index contributed by atoms with van der Waals surface area (Å²) in [6.45, 7) is 3.79. The van der Waals surface area contributed by atoms with Crippen LogP contribution in [0.4, 0.5) is 4.39 Å². The Hall–Kier alpha value is -1.71. The van der Waals surface area contributed by atoms with Crippen molar-refractivity contribution in [3.05, 3.63) is 70.5 Å². The van der Waals surface area contributed by atoms with Gasteiger partial charge in [0.2, 0.25) is 0 Å². The van der Waals surface area contributed by atoms with Crippen LogP contribution in [-0.2, 0) is 26.1 Å². The molecular weight excluding hydrogens is 263 g/mol. The molecule has 0 saturated heterocycles. The van der Waals surface area contributed by atoms with Gasteiger partial charge in [0.15, 0.2) is 0 Å². The van der Waals surface area contributed by atoms with Gasteiger partial charge in [-0.05, 0) is 54.4 Å². The molecule has 3 heteroatoms. The average molecular weight is 284 g/mol. The zero-order valence-corrected chi connectivity index (χ0v) is 12.4. The molecule has 2 aromatic rings. The Labute approximate surface area is 125 Å². The molecule has 3 rings (SSSR count). The monoisotopic (exact) mass is 284 g/mol. The maximum absolute atomic E-state index is 12.9. The zero-order valence-electron chi connectivity index (χ0n) is 12.4. The summed E-state index contributed by atoms with van der Waals surface area (Å²) in [5.41, 5.74) is 5.37. The Balaban J connectivity index is 1.64. The van der Waals surface area contributed by atoms with Gasteiger partial charge in [-0.3, -0.25) is 4.90 Å². The van der Waals surface area contributed by atoms with Crippen molar-refractivity contribution >= 4 is 0 Å². The second-order valence-electron chi connectivity index (χ2n) is 5.83. The Bertz CT molecular complexity index is 607. The highest BCUT2D eigenvalue weighted by Gasteiger charge is 2.10. The number of benzene rings is 2. The lowest BCUT2D eigenvalue weighted by atomic mass is 9.98. The van der Waals surface area contributed by atoms with E-state index in [-0.39, 0.29) is 5.82 Å². The van der Waals surface area contributed by atoms with Crippen LogP contribution in [0, 0.1) is 5.82 Å². The molecule has 2 nitrogen and oxygen atoms in total. The summed E-state index contributed by atoms with van der Waals surface area (Å²) < 4.78 is 12.9. The van der Waals surface area contributed by atoms with E-state index in [4.69, 9.17) is 0 Å². The van der Waals surface area contributed by atoms with Gasteiger partial charge >= 0.3 is 0 Å². The lowest BCUT2D eigenvalue weighted by Gasteiger charge is -2.21. The zero-order chi connectivity index (χ0) is 14.7. The van der Waals surface area contributed by atoms with Crippen molar-refractivity contribution in [3.8, 4) is 0 Å². The topological polar surface area (TPSA) is 15.3 Å². The summed E-state index contributed by atoms with van der Waals surface area (Å²) in [6, 6.07) is 13.5. The van der Waals surface area contributed by atoms with Gasteiger partial charge in [0, 0.05) is 19.6 Å². The van der Waals surface area contributed by atoms with Crippen LogP contribution in [0.1, 0.15) is 22.3 Å². The Morgan fingerprint density at radius 2 is 1.71 bits per heavy atom. The summed E-state index contributed by atoms with van der Waals surface area (Å²) in [4.78, 5) is 2.26. The summed E-state index contributed by atoms with van der Waals surface area (Å²) in [7, 11) is 2.10. The van der Waals surface area contributed by atoms with Crippen LogP contribution >= 0.6 is 0 Å².